The van der Waals surface area contributed by atoms with E-state index < -0.39 is 0 Å². The Labute approximate surface area is 148 Å². The minimum absolute atomic E-state index is 0.0673. The van der Waals surface area contributed by atoms with Crippen molar-refractivity contribution in [1.82, 2.24) is 10.1 Å². The highest BCUT2D eigenvalue weighted by molar-refractivity contribution is 5.77. The number of hydrogen-bond acceptors (Lipinski definition) is 4. The van der Waals surface area contributed by atoms with Crippen molar-refractivity contribution in [2.45, 2.75) is 51.5 Å². The monoisotopic (exact) mass is 342 g/mol. The van der Waals surface area contributed by atoms with Crippen LogP contribution in [0.1, 0.15) is 55.7 Å². The van der Waals surface area contributed by atoms with Gasteiger partial charge < -0.3 is 14.2 Å². The lowest BCUT2D eigenvalue weighted by molar-refractivity contribution is -0.132. The number of hydrogen-bond donors (Lipinski definition) is 0. The summed E-state index contributed by atoms with van der Waals surface area (Å²) in [5.74, 6) is 1.94. The second kappa shape index (κ2) is 8.19. The molecule has 1 aromatic heterocycles. The first-order valence-corrected chi connectivity index (χ1v) is 9.09. The molecule has 1 fully saturated rings. The minimum atomic E-state index is 0.0673. The van der Waals surface area contributed by atoms with Gasteiger partial charge in [0.05, 0.1) is 13.2 Å². The molecule has 134 valence electrons. The van der Waals surface area contributed by atoms with Gasteiger partial charge in [-0.05, 0) is 43.4 Å². The molecule has 0 N–H and O–H groups in total. The molecule has 1 unspecified atom stereocenters. The Bertz CT molecular complexity index is 693. The lowest BCUT2D eigenvalue weighted by Crippen LogP contribution is -2.30. The van der Waals surface area contributed by atoms with Crippen molar-refractivity contribution in [3.05, 3.63) is 47.3 Å². The lowest BCUT2D eigenvalue weighted by Gasteiger charge is -2.23. The van der Waals surface area contributed by atoms with E-state index in [0.29, 0.717) is 6.42 Å². The fourth-order valence-corrected chi connectivity index (χ4v) is 3.41. The molecule has 0 saturated carbocycles. The van der Waals surface area contributed by atoms with Crippen LogP contribution in [0.3, 0.4) is 0 Å². The van der Waals surface area contributed by atoms with Crippen LogP contribution in [0.4, 0.5) is 0 Å². The third kappa shape index (κ3) is 4.21. The Morgan fingerprint density at radius 3 is 2.84 bits per heavy atom. The van der Waals surface area contributed by atoms with Crippen molar-refractivity contribution in [2.75, 3.05) is 13.7 Å². The molecule has 5 nitrogen and oxygen atoms in total. The average molecular weight is 342 g/mol. The van der Waals surface area contributed by atoms with Crippen LogP contribution in [0.2, 0.25) is 0 Å². The third-order valence-electron chi connectivity index (χ3n) is 4.77. The predicted octanol–water partition coefficient (Wildman–Crippen LogP) is 3.93. The molecule has 1 aliphatic heterocycles. The van der Waals surface area contributed by atoms with Gasteiger partial charge in [-0.2, -0.15) is 0 Å². The topological polar surface area (TPSA) is 55.6 Å². The Morgan fingerprint density at radius 2 is 2.12 bits per heavy atom. The molecule has 1 atom stereocenters. The zero-order valence-corrected chi connectivity index (χ0v) is 15.0. The van der Waals surface area contributed by atoms with Crippen molar-refractivity contribution in [3.8, 4) is 5.75 Å². The van der Waals surface area contributed by atoms with Gasteiger partial charge in [-0.1, -0.05) is 24.2 Å². The van der Waals surface area contributed by atoms with E-state index in [1.807, 2.05) is 35.2 Å². The maximum atomic E-state index is 12.7. The van der Waals surface area contributed by atoms with E-state index in [2.05, 4.69) is 12.1 Å². The highest BCUT2D eigenvalue weighted by Gasteiger charge is 2.31. The Kier molecular flexibility index (Phi) is 5.74. The molecule has 3 rings (SSSR count). The summed E-state index contributed by atoms with van der Waals surface area (Å²) in [7, 11) is 1.65. The SMILES string of the molecule is CCCc1cc(C2CCCN2C(=O)CCc2ccc(OC)cc2)no1. The fourth-order valence-electron chi connectivity index (χ4n) is 3.41. The Balaban J connectivity index is 1.59. The number of aryl methyl sites for hydroxylation is 2. The van der Waals surface area contributed by atoms with Crippen LogP contribution in [0.15, 0.2) is 34.9 Å². The van der Waals surface area contributed by atoms with Gasteiger partial charge in [0, 0.05) is 25.5 Å². The van der Waals surface area contributed by atoms with Gasteiger partial charge in [0.2, 0.25) is 5.91 Å². The van der Waals surface area contributed by atoms with Crippen LogP contribution in [-0.2, 0) is 17.6 Å². The van der Waals surface area contributed by atoms with E-state index in [1.165, 1.54) is 0 Å². The van der Waals surface area contributed by atoms with Gasteiger partial charge >= 0.3 is 0 Å². The Hall–Kier alpha value is -2.30. The number of rotatable bonds is 7. The molecule has 1 saturated heterocycles. The second-order valence-corrected chi connectivity index (χ2v) is 6.56. The first-order valence-electron chi connectivity index (χ1n) is 9.09. The number of ether oxygens (including phenoxy) is 1. The molecule has 0 spiro atoms. The van der Waals surface area contributed by atoms with Gasteiger partial charge in [0.1, 0.15) is 17.2 Å². The largest absolute Gasteiger partial charge is 0.497 e. The van der Waals surface area contributed by atoms with Crippen molar-refractivity contribution >= 4 is 5.91 Å². The van der Waals surface area contributed by atoms with Crippen molar-refractivity contribution in [3.63, 3.8) is 0 Å². The first-order chi connectivity index (χ1) is 12.2. The number of amides is 1. The number of nitrogens with zero attached hydrogens (tertiary/aromatic N) is 2. The number of benzene rings is 1. The van der Waals surface area contributed by atoms with Crippen LogP contribution in [0.5, 0.6) is 5.75 Å². The van der Waals surface area contributed by atoms with E-state index in [0.717, 1.165) is 61.4 Å². The van der Waals surface area contributed by atoms with E-state index in [9.17, 15) is 4.79 Å². The highest BCUT2D eigenvalue weighted by atomic mass is 16.5. The lowest BCUT2D eigenvalue weighted by atomic mass is 10.1. The van der Waals surface area contributed by atoms with Crippen molar-refractivity contribution < 1.29 is 14.1 Å². The molecule has 1 aromatic carbocycles. The number of methoxy groups -OCH3 is 1. The first kappa shape index (κ1) is 17.5. The van der Waals surface area contributed by atoms with Crippen molar-refractivity contribution in [2.24, 2.45) is 0 Å². The third-order valence-corrected chi connectivity index (χ3v) is 4.77. The number of likely N-dealkylation sites (tertiary alicyclic amines) is 1. The molecular formula is C20H26N2O3. The van der Waals surface area contributed by atoms with E-state index in [4.69, 9.17) is 9.26 Å². The Morgan fingerprint density at radius 1 is 1.32 bits per heavy atom. The van der Waals surface area contributed by atoms with E-state index in [1.54, 1.807) is 7.11 Å². The molecule has 5 heteroatoms. The van der Waals surface area contributed by atoms with Crippen molar-refractivity contribution in [1.29, 1.82) is 0 Å². The summed E-state index contributed by atoms with van der Waals surface area (Å²) in [5, 5.41) is 4.20. The van der Waals surface area contributed by atoms with Crippen LogP contribution < -0.4 is 4.74 Å². The molecule has 0 aliphatic carbocycles. The normalized spacial score (nSPS) is 17.0. The summed E-state index contributed by atoms with van der Waals surface area (Å²) in [6.45, 7) is 2.93. The van der Waals surface area contributed by atoms with Crippen LogP contribution in [0, 0.1) is 0 Å². The summed E-state index contributed by atoms with van der Waals surface area (Å²) in [6, 6.07) is 9.98. The average Bonchev–Trinajstić information content (AvgIpc) is 3.29. The molecule has 1 aliphatic rings. The predicted molar refractivity (Wildman–Crippen MR) is 95.5 cm³/mol. The molecule has 25 heavy (non-hydrogen) atoms. The molecule has 2 aromatic rings. The maximum absolute atomic E-state index is 12.7. The van der Waals surface area contributed by atoms with Gasteiger partial charge in [-0.25, -0.2) is 0 Å². The molecule has 0 bridgehead atoms. The van der Waals surface area contributed by atoms with Crippen LogP contribution in [0.25, 0.3) is 0 Å². The van der Waals surface area contributed by atoms with Gasteiger partial charge in [-0.15, -0.1) is 0 Å². The second-order valence-electron chi connectivity index (χ2n) is 6.56. The van der Waals surface area contributed by atoms with E-state index >= 15 is 0 Å². The summed E-state index contributed by atoms with van der Waals surface area (Å²) >= 11 is 0. The zero-order valence-electron chi connectivity index (χ0n) is 15.0. The van der Waals surface area contributed by atoms with E-state index in [-0.39, 0.29) is 11.9 Å². The van der Waals surface area contributed by atoms with Gasteiger partial charge in [0.25, 0.3) is 0 Å². The molecular weight excluding hydrogens is 316 g/mol. The minimum Gasteiger partial charge on any atom is -0.497 e. The molecule has 0 radical (unpaired) electrons. The number of aromatic nitrogens is 1. The highest BCUT2D eigenvalue weighted by Crippen LogP contribution is 2.32. The summed E-state index contributed by atoms with van der Waals surface area (Å²) < 4.78 is 10.6. The maximum Gasteiger partial charge on any atom is 0.223 e. The summed E-state index contributed by atoms with van der Waals surface area (Å²) in [5.41, 5.74) is 2.05. The number of carbonyl (C=O) groups excluding carboxylic acids is 1. The molecule has 2 heterocycles. The smallest absolute Gasteiger partial charge is 0.223 e. The fraction of sp³-hybridized carbons (Fsp3) is 0.500. The zero-order chi connectivity index (χ0) is 17.6. The number of carbonyl (C=O) groups is 1. The van der Waals surface area contributed by atoms with Crippen LogP contribution in [-0.4, -0.2) is 29.6 Å². The summed E-state index contributed by atoms with van der Waals surface area (Å²) in [6.07, 6.45) is 5.17. The van der Waals surface area contributed by atoms with Gasteiger partial charge in [-0.3, -0.25) is 4.79 Å². The van der Waals surface area contributed by atoms with Gasteiger partial charge in [0.15, 0.2) is 0 Å². The molecule has 1 amide bonds. The quantitative estimate of drug-likeness (QED) is 0.765. The standard InChI is InChI=1S/C20H26N2O3/c1-3-5-17-14-18(21-25-17)19-6-4-13-22(19)20(23)12-9-15-7-10-16(24-2)11-8-15/h7-8,10-11,14,19H,3-6,9,12-13H2,1-2H3. The summed E-state index contributed by atoms with van der Waals surface area (Å²) in [4.78, 5) is 14.7. The van der Waals surface area contributed by atoms with Crippen LogP contribution >= 0.6 is 0 Å².